The fraction of sp³-hybridized carbons (Fsp3) is 0.500. The number of hydrogen-bond donors (Lipinski definition) is 2. The number of amides is 2. The predicted molar refractivity (Wildman–Crippen MR) is 107 cm³/mol. The molecule has 154 valence electrons. The van der Waals surface area contributed by atoms with E-state index in [2.05, 4.69) is 20.9 Å². The second-order valence-corrected chi connectivity index (χ2v) is 7.43. The van der Waals surface area contributed by atoms with E-state index in [9.17, 15) is 9.59 Å². The highest BCUT2D eigenvalue weighted by molar-refractivity contribution is 6.04. The van der Waals surface area contributed by atoms with Crippen LogP contribution in [0, 0.1) is 6.92 Å². The van der Waals surface area contributed by atoms with Crippen molar-refractivity contribution in [2.45, 2.75) is 38.3 Å². The number of piperidine rings is 1. The number of carbonyl (C=O) groups is 2. The minimum Gasteiger partial charge on any atom is -0.495 e. The number of para-hydroxylation sites is 2. The summed E-state index contributed by atoms with van der Waals surface area (Å²) in [6, 6.07) is 7.04. The summed E-state index contributed by atoms with van der Waals surface area (Å²) in [7, 11) is 1.58. The maximum atomic E-state index is 12.9. The van der Waals surface area contributed by atoms with Gasteiger partial charge in [-0.15, -0.1) is 5.10 Å². The summed E-state index contributed by atoms with van der Waals surface area (Å²) in [5.74, 6) is 0.128. The molecule has 2 aliphatic rings. The van der Waals surface area contributed by atoms with E-state index in [1.165, 1.54) is 0 Å². The van der Waals surface area contributed by atoms with Gasteiger partial charge in [-0.3, -0.25) is 9.59 Å². The molecule has 1 unspecified atom stereocenters. The Morgan fingerprint density at radius 3 is 2.76 bits per heavy atom. The van der Waals surface area contributed by atoms with Crippen molar-refractivity contribution >= 4 is 17.5 Å². The van der Waals surface area contributed by atoms with Crippen LogP contribution in [0.25, 0.3) is 0 Å². The van der Waals surface area contributed by atoms with Gasteiger partial charge in [0.15, 0.2) is 5.69 Å². The zero-order chi connectivity index (χ0) is 20.4. The predicted octanol–water partition coefficient (Wildman–Crippen LogP) is 1.05. The standard InChI is InChI=1S/C20H26N6O3/c1-13-18(23-24-26(13)14-7-10-21-11-8-14)19(27)22-15-9-12-25(20(15)28)16-5-3-4-6-17(16)29-2/h3-6,14-15,21H,7-12H2,1-2H3,(H,22,27). The van der Waals surface area contributed by atoms with Crippen LogP contribution in [-0.4, -0.2) is 59.6 Å². The summed E-state index contributed by atoms with van der Waals surface area (Å²) in [5.41, 5.74) is 1.73. The first-order valence-electron chi connectivity index (χ1n) is 9.98. The molecule has 0 radical (unpaired) electrons. The Morgan fingerprint density at radius 1 is 1.24 bits per heavy atom. The van der Waals surface area contributed by atoms with Crippen LogP contribution in [-0.2, 0) is 4.79 Å². The fourth-order valence-corrected chi connectivity index (χ4v) is 4.08. The Balaban J connectivity index is 1.45. The molecule has 2 N–H and O–H groups in total. The molecule has 3 heterocycles. The van der Waals surface area contributed by atoms with E-state index in [0.29, 0.717) is 24.4 Å². The first-order valence-corrected chi connectivity index (χ1v) is 9.98. The van der Waals surface area contributed by atoms with Gasteiger partial charge in [-0.25, -0.2) is 4.68 Å². The molecule has 2 amide bonds. The number of nitrogens with one attached hydrogen (secondary N) is 2. The zero-order valence-corrected chi connectivity index (χ0v) is 16.7. The molecule has 2 fully saturated rings. The highest BCUT2D eigenvalue weighted by atomic mass is 16.5. The molecule has 4 rings (SSSR count). The Bertz CT molecular complexity index is 905. The van der Waals surface area contributed by atoms with Gasteiger partial charge in [-0.05, 0) is 51.4 Å². The lowest BCUT2D eigenvalue weighted by Crippen LogP contribution is -2.42. The van der Waals surface area contributed by atoms with Gasteiger partial charge in [0.05, 0.1) is 24.5 Å². The van der Waals surface area contributed by atoms with Crippen LogP contribution in [0.2, 0.25) is 0 Å². The highest BCUT2D eigenvalue weighted by Crippen LogP contribution is 2.31. The Kier molecular flexibility index (Phi) is 5.48. The number of methoxy groups -OCH3 is 1. The minimum atomic E-state index is -0.587. The molecule has 2 aromatic rings. The normalized spacial score (nSPS) is 20.1. The van der Waals surface area contributed by atoms with Crippen LogP contribution in [0.5, 0.6) is 5.75 Å². The number of ether oxygens (including phenoxy) is 1. The second-order valence-electron chi connectivity index (χ2n) is 7.43. The van der Waals surface area contributed by atoms with Gasteiger partial charge in [-0.1, -0.05) is 17.3 Å². The van der Waals surface area contributed by atoms with Crippen LogP contribution in [0.3, 0.4) is 0 Å². The van der Waals surface area contributed by atoms with Crippen molar-refractivity contribution in [3.8, 4) is 5.75 Å². The number of rotatable bonds is 5. The molecule has 0 spiro atoms. The van der Waals surface area contributed by atoms with E-state index < -0.39 is 6.04 Å². The topological polar surface area (TPSA) is 101 Å². The molecule has 0 aliphatic carbocycles. The summed E-state index contributed by atoms with van der Waals surface area (Å²) in [4.78, 5) is 27.3. The van der Waals surface area contributed by atoms with Gasteiger partial charge < -0.3 is 20.3 Å². The summed E-state index contributed by atoms with van der Waals surface area (Å²) in [5, 5.41) is 14.5. The van der Waals surface area contributed by atoms with Gasteiger partial charge in [0.25, 0.3) is 5.91 Å². The van der Waals surface area contributed by atoms with Crippen LogP contribution in [0.4, 0.5) is 5.69 Å². The largest absolute Gasteiger partial charge is 0.495 e. The first kappa shape index (κ1) is 19.4. The van der Waals surface area contributed by atoms with E-state index in [1.54, 1.807) is 12.0 Å². The van der Waals surface area contributed by atoms with Gasteiger partial charge in [-0.2, -0.15) is 0 Å². The van der Waals surface area contributed by atoms with E-state index in [1.807, 2.05) is 35.9 Å². The minimum absolute atomic E-state index is 0.147. The average Bonchev–Trinajstić information content (AvgIpc) is 3.31. The lowest BCUT2D eigenvalue weighted by Gasteiger charge is -2.23. The summed E-state index contributed by atoms with van der Waals surface area (Å²) in [6.07, 6.45) is 2.45. The van der Waals surface area contributed by atoms with Crippen molar-refractivity contribution in [2.24, 2.45) is 0 Å². The monoisotopic (exact) mass is 398 g/mol. The van der Waals surface area contributed by atoms with Gasteiger partial charge >= 0.3 is 0 Å². The molecule has 2 aliphatic heterocycles. The zero-order valence-electron chi connectivity index (χ0n) is 16.7. The van der Waals surface area contributed by atoms with E-state index in [4.69, 9.17) is 4.74 Å². The van der Waals surface area contributed by atoms with Crippen LogP contribution in [0.15, 0.2) is 24.3 Å². The van der Waals surface area contributed by atoms with Crippen molar-refractivity contribution in [1.82, 2.24) is 25.6 Å². The molecular formula is C20H26N6O3. The van der Waals surface area contributed by atoms with Gasteiger partial charge in [0.2, 0.25) is 5.91 Å². The molecule has 2 saturated heterocycles. The Morgan fingerprint density at radius 2 is 2.00 bits per heavy atom. The van der Waals surface area contributed by atoms with E-state index >= 15 is 0 Å². The number of nitrogens with zero attached hydrogens (tertiary/aromatic N) is 4. The second kappa shape index (κ2) is 8.20. The maximum Gasteiger partial charge on any atom is 0.274 e. The fourth-order valence-electron chi connectivity index (χ4n) is 4.08. The maximum absolute atomic E-state index is 12.9. The SMILES string of the molecule is COc1ccccc1N1CCC(NC(=O)c2nnn(C3CCNCC3)c2C)C1=O. The smallest absolute Gasteiger partial charge is 0.274 e. The molecule has 1 aromatic carbocycles. The summed E-state index contributed by atoms with van der Waals surface area (Å²) >= 11 is 0. The van der Waals surface area contributed by atoms with Gasteiger partial charge in [0, 0.05) is 6.54 Å². The molecule has 1 atom stereocenters. The molecule has 1 aromatic heterocycles. The highest BCUT2D eigenvalue weighted by Gasteiger charge is 2.36. The van der Waals surface area contributed by atoms with Crippen LogP contribution >= 0.6 is 0 Å². The third kappa shape index (κ3) is 3.69. The number of carbonyl (C=O) groups excluding carboxylic acids is 2. The van der Waals surface area contributed by atoms with Crippen molar-refractivity contribution in [1.29, 1.82) is 0 Å². The van der Waals surface area contributed by atoms with E-state index in [-0.39, 0.29) is 23.6 Å². The number of hydrogen-bond acceptors (Lipinski definition) is 6. The van der Waals surface area contributed by atoms with Crippen molar-refractivity contribution < 1.29 is 14.3 Å². The summed E-state index contributed by atoms with van der Waals surface area (Å²) in [6.45, 7) is 4.24. The lowest BCUT2D eigenvalue weighted by atomic mass is 10.1. The average molecular weight is 398 g/mol. The van der Waals surface area contributed by atoms with Crippen LogP contribution < -0.4 is 20.3 Å². The quantitative estimate of drug-likeness (QED) is 0.781. The van der Waals surface area contributed by atoms with Crippen LogP contribution in [0.1, 0.15) is 41.5 Å². The molecule has 29 heavy (non-hydrogen) atoms. The number of aromatic nitrogens is 3. The molecule has 9 nitrogen and oxygen atoms in total. The van der Waals surface area contributed by atoms with Crippen molar-refractivity contribution in [2.75, 3.05) is 31.6 Å². The lowest BCUT2D eigenvalue weighted by molar-refractivity contribution is -0.118. The molecule has 0 saturated carbocycles. The summed E-state index contributed by atoms with van der Waals surface area (Å²) < 4.78 is 7.20. The Labute approximate surface area is 169 Å². The number of benzene rings is 1. The van der Waals surface area contributed by atoms with Crippen molar-refractivity contribution in [3.63, 3.8) is 0 Å². The van der Waals surface area contributed by atoms with Crippen molar-refractivity contribution in [3.05, 3.63) is 35.7 Å². The molecular weight excluding hydrogens is 372 g/mol. The first-order chi connectivity index (χ1) is 14.1. The molecule has 0 bridgehead atoms. The van der Waals surface area contributed by atoms with Gasteiger partial charge in [0.1, 0.15) is 11.8 Å². The third-order valence-corrected chi connectivity index (χ3v) is 5.68. The number of anilines is 1. The molecule has 9 heteroatoms. The third-order valence-electron chi connectivity index (χ3n) is 5.68. The Hall–Kier alpha value is -2.94. The van der Waals surface area contributed by atoms with E-state index in [0.717, 1.165) is 31.6 Å².